The van der Waals surface area contributed by atoms with Gasteiger partial charge in [0.05, 0.1) is 12.7 Å². The first-order valence-corrected chi connectivity index (χ1v) is 4.80. The van der Waals surface area contributed by atoms with Crippen molar-refractivity contribution >= 4 is 22.9 Å². The van der Waals surface area contributed by atoms with Crippen LogP contribution in [0.4, 0.5) is 0 Å². The van der Waals surface area contributed by atoms with Crippen molar-refractivity contribution in [3.63, 3.8) is 0 Å². The van der Waals surface area contributed by atoms with Gasteiger partial charge >= 0.3 is 0 Å². The zero-order valence-electron chi connectivity index (χ0n) is 8.12. The summed E-state index contributed by atoms with van der Waals surface area (Å²) in [6, 6.07) is 5.46. The number of methoxy groups -OCH3 is 1. The molecule has 0 aliphatic carbocycles. The van der Waals surface area contributed by atoms with E-state index in [4.69, 9.17) is 21.1 Å². The molecule has 0 saturated carbocycles. The Kier molecular flexibility index (Phi) is 2.64. The molecule has 4 heteroatoms. The molecule has 1 heterocycles. The number of carbonyl (C=O) groups excluding carboxylic acids is 1. The lowest BCUT2D eigenvalue weighted by Crippen LogP contribution is -2.11. The maximum atomic E-state index is 11.0. The summed E-state index contributed by atoms with van der Waals surface area (Å²) >= 11 is 5.39. The highest BCUT2D eigenvalue weighted by molar-refractivity contribution is 6.68. The van der Waals surface area contributed by atoms with Gasteiger partial charge in [0.1, 0.15) is 18.1 Å². The van der Waals surface area contributed by atoms with E-state index in [-0.39, 0.29) is 6.61 Å². The SMILES string of the molecule is COc1cccc2c1C=C(C(=O)Cl)CO2. The van der Waals surface area contributed by atoms with Crippen LogP contribution in [0, 0.1) is 0 Å². The molecule has 0 bridgehead atoms. The summed E-state index contributed by atoms with van der Waals surface area (Å²) in [6.45, 7) is 0.211. The molecule has 0 N–H and O–H groups in total. The number of rotatable bonds is 2. The highest BCUT2D eigenvalue weighted by atomic mass is 35.5. The summed E-state index contributed by atoms with van der Waals surface area (Å²) in [6.07, 6.45) is 1.70. The lowest BCUT2D eigenvalue weighted by Gasteiger charge is -2.17. The van der Waals surface area contributed by atoms with Crippen molar-refractivity contribution in [2.45, 2.75) is 0 Å². The van der Waals surface area contributed by atoms with Crippen LogP contribution in [0.1, 0.15) is 5.56 Å². The number of benzene rings is 1. The van der Waals surface area contributed by atoms with E-state index in [9.17, 15) is 4.79 Å². The molecule has 0 radical (unpaired) electrons. The van der Waals surface area contributed by atoms with Crippen molar-refractivity contribution in [1.82, 2.24) is 0 Å². The third-order valence-electron chi connectivity index (χ3n) is 2.20. The Hall–Kier alpha value is -1.48. The van der Waals surface area contributed by atoms with E-state index >= 15 is 0 Å². The summed E-state index contributed by atoms with van der Waals surface area (Å²) in [5, 5.41) is -0.494. The Labute approximate surface area is 92.3 Å². The highest BCUT2D eigenvalue weighted by Gasteiger charge is 2.18. The van der Waals surface area contributed by atoms with Crippen LogP contribution in [0.15, 0.2) is 23.8 Å². The quantitative estimate of drug-likeness (QED) is 0.723. The number of halogens is 1. The van der Waals surface area contributed by atoms with E-state index in [1.807, 2.05) is 12.1 Å². The molecule has 0 aromatic heterocycles. The number of hydrogen-bond acceptors (Lipinski definition) is 3. The fourth-order valence-corrected chi connectivity index (χ4v) is 1.56. The molecular weight excluding hydrogens is 216 g/mol. The zero-order chi connectivity index (χ0) is 10.8. The maximum absolute atomic E-state index is 11.0. The average Bonchev–Trinajstić information content (AvgIpc) is 2.27. The molecule has 1 aromatic carbocycles. The van der Waals surface area contributed by atoms with E-state index < -0.39 is 5.24 Å². The Bertz CT molecular complexity index is 437. The number of fused-ring (bicyclic) bond motifs is 1. The molecule has 15 heavy (non-hydrogen) atoms. The van der Waals surface area contributed by atoms with E-state index in [1.165, 1.54) is 0 Å². The van der Waals surface area contributed by atoms with E-state index in [1.54, 1.807) is 19.3 Å². The van der Waals surface area contributed by atoms with Crippen LogP contribution >= 0.6 is 11.6 Å². The molecule has 0 spiro atoms. The van der Waals surface area contributed by atoms with Gasteiger partial charge in [0.15, 0.2) is 0 Å². The second kappa shape index (κ2) is 3.95. The molecular formula is C11H9ClO3. The molecule has 1 aliphatic heterocycles. The van der Waals surface area contributed by atoms with Gasteiger partial charge in [-0.15, -0.1) is 0 Å². The molecule has 1 aliphatic rings. The first-order valence-electron chi connectivity index (χ1n) is 4.42. The topological polar surface area (TPSA) is 35.5 Å². The van der Waals surface area contributed by atoms with E-state index in [0.717, 1.165) is 5.56 Å². The Balaban J connectivity index is 2.51. The first kappa shape index (κ1) is 10.1. The van der Waals surface area contributed by atoms with Crippen molar-refractivity contribution in [3.8, 4) is 11.5 Å². The lowest BCUT2D eigenvalue weighted by molar-refractivity contribution is -0.108. The number of hydrogen-bond donors (Lipinski definition) is 0. The minimum absolute atomic E-state index is 0.211. The molecule has 0 fully saturated rings. The van der Waals surface area contributed by atoms with E-state index in [0.29, 0.717) is 17.1 Å². The number of ether oxygens (including phenoxy) is 2. The monoisotopic (exact) mass is 224 g/mol. The van der Waals surface area contributed by atoms with Gasteiger partial charge in [-0.3, -0.25) is 4.79 Å². The Morgan fingerprint density at radius 1 is 1.53 bits per heavy atom. The van der Waals surface area contributed by atoms with Gasteiger partial charge in [-0.2, -0.15) is 0 Å². The fraction of sp³-hybridized carbons (Fsp3) is 0.182. The average molecular weight is 225 g/mol. The van der Waals surface area contributed by atoms with Crippen LogP contribution < -0.4 is 9.47 Å². The lowest BCUT2D eigenvalue weighted by atomic mass is 10.1. The number of carbonyl (C=O) groups is 1. The molecule has 1 aromatic rings. The third-order valence-corrected chi connectivity index (χ3v) is 2.44. The standard InChI is InChI=1S/C11H9ClO3/c1-14-9-3-2-4-10-8(9)5-7(6-15-10)11(12)13/h2-5H,6H2,1H3. The Morgan fingerprint density at radius 2 is 2.33 bits per heavy atom. The summed E-state index contributed by atoms with van der Waals surface area (Å²) in [7, 11) is 1.57. The van der Waals surface area contributed by atoms with Crippen molar-refractivity contribution in [2.24, 2.45) is 0 Å². The molecule has 0 atom stereocenters. The molecule has 0 amide bonds. The summed E-state index contributed by atoms with van der Waals surface area (Å²) in [5.74, 6) is 1.37. The minimum Gasteiger partial charge on any atom is -0.496 e. The molecule has 0 unspecified atom stereocenters. The molecule has 3 nitrogen and oxygen atoms in total. The molecule has 0 saturated heterocycles. The van der Waals surface area contributed by atoms with Crippen LogP contribution in [0.25, 0.3) is 6.08 Å². The van der Waals surface area contributed by atoms with Gasteiger partial charge in [-0.05, 0) is 29.8 Å². The van der Waals surface area contributed by atoms with Crippen molar-refractivity contribution in [2.75, 3.05) is 13.7 Å². The van der Waals surface area contributed by atoms with Crippen LogP contribution in [-0.4, -0.2) is 19.0 Å². The van der Waals surface area contributed by atoms with Crippen LogP contribution in [0.3, 0.4) is 0 Å². The van der Waals surface area contributed by atoms with Crippen molar-refractivity contribution < 1.29 is 14.3 Å². The second-order valence-corrected chi connectivity index (χ2v) is 3.45. The van der Waals surface area contributed by atoms with E-state index in [2.05, 4.69) is 0 Å². The Morgan fingerprint density at radius 3 is 3.00 bits per heavy atom. The highest BCUT2D eigenvalue weighted by Crippen LogP contribution is 2.34. The fourth-order valence-electron chi connectivity index (χ4n) is 1.45. The van der Waals surface area contributed by atoms with Gasteiger partial charge in [-0.1, -0.05) is 6.07 Å². The molecule has 78 valence electrons. The van der Waals surface area contributed by atoms with Gasteiger partial charge in [0, 0.05) is 5.57 Å². The second-order valence-electron chi connectivity index (χ2n) is 3.10. The predicted molar refractivity (Wildman–Crippen MR) is 57.3 cm³/mol. The van der Waals surface area contributed by atoms with Gasteiger partial charge < -0.3 is 9.47 Å². The van der Waals surface area contributed by atoms with Gasteiger partial charge in [-0.25, -0.2) is 0 Å². The zero-order valence-corrected chi connectivity index (χ0v) is 8.88. The predicted octanol–water partition coefficient (Wildman–Crippen LogP) is 2.24. The van der Waals surface area contributed by atoms with Gasteiger partial charge in [0.25, 0.3) is 5.24 Å². The van der Waals surface area contributed by atoms with Crippen LogP contribution in [0.2, 0.25) is 0 Å². The molecule has 2 rings (SSSR count). The minimum atomic E-state index is -0.494. The maximum Gasteiger partial charge on any atom is 0.251 e. The van der Waals surface area contributed by atoms with Crippen molar-refractivity contribution in [3.05, 3.63) is 29.3 Å². The van der Waals surface area contributed by atoms with Crippen LogP contribution in [0.5, 0.6) is 11.5 Å². The summed E-state index contributed by atoms with van der Waals surface area (Å²) in [5.41, 5.74) is 1.20. The van der Waals surface area contributed by atoms with Crippen molar-refractivity contribution in [1.29, 1.82) is 0 Å². The van der Waals surface area contributed by atoms with Crippen LogP contribution in [-0.2, 0) is 4.79 Å². The largest absolute Gasteiger partial charge is 0.496 e. The smallest absolute Gasteiger partial charge is 0.251 e. The normalized spacial score (nSPS) is 13.6. The summed E-state index contributed by atoms with van der Waals surface area (Å²) in [4.78, 5) is 11.0. The van der Waals surface area contributed by atoms with Gasteiger partial charge in [0.2, 0.25) is 0 Å². The first-order chi connectivity index (χ1) is 7.22. The third kappa shape index (κ3) is 1.83. The summed E-state index contributed by atoms with van der Waals surface area (Å²) < 4.78 is 10.5.